The Kier molecular flexibility index (Phi) is 7.06. The van der Waals surface area contributed by atoms with Crippen molar-refractivity contribution in [3.05, 3.63) is 93.3 Å². The van der Waals surface area contributed by atoms with Crippen LogP contribution in [-0.4, -0.2) is 17.7 Å². The molecule has 3 aliphatic carbocycles. The highest BCUT2D eigenvalue weighted by Gasteiger charge is 2.63. The quantitative estimate of drug-likeness (QED) is 0.359. The fraction of sp³-hybridized carbons (Fsp3) is 0.485. The van der Waals surface area contributed by atoms with Gasteiger partial charge in [0, 0.05) is 5.92 Å². The van der Waals surface area contributed by atoms with E-state index >= 15 is 0 Å². The minimum Gasteiger partial charge on any atom is -0.489 e. The number of benzene rings is 2. The molecule has 2 aromatic carbocycles. The monoisotopic (exact) mass is 552 g/mol. The zero-order valence-corrected chi connectivity index (χ0v) is 22.8. The number of hydrogen-bond acceptors (Lipinski definition) is 3. The van der Waals surface area contributed by atoms with E-state index in [1.54, 1.807) is 6.07 Å². The van der Waals surface area contributed by atoms with Gasteiger partial charge in [0.2, 0.25) is 0 Å². The molecule has 2 saturated carbocycles. The summed E-state index contributed by atoms with van der Waals surface area (Å²) < 4.78 is 54.3. The fourth-order valence-corrected chi connectivity index (χ4v) is 7.46. The lowest BCUT2D eigenvalue weighted by Gasteiger charge is -2.34. The molecule has 40 heavy (non-hydrogen) atoms. The first-order valence-electron chi connectivity index (χ1n) is 14.4. The fourth-order valence-electron chi connectivity index (χ4n) is 7.46. The second kappa shape index (κ2) is 10.4. The van der Waals surface area contributed by atoms with Gasteiger partial charge < -0.3 is 14.6 Å². The van der Waals surface area contributed by atoms with Crippen LogP contribution in [0.2, 0.25) is 0 Å². The van der Waals surface area contributed by atoms with E-state index in [1.807, 2.05) is 18.2 Å². The van der Waals surface area contributed by atoms with Crippen LogP contribution in [0.5, 0.6) is 0 Å². The number of fused-ring (bicyclic) bond motifs is 4. The van der Waals surface area contributed by atoms with Gasteiger partial charge >= 0.3 is 12.1 Å². The third-order valence-electron chi connectivity index (χ3n) is 9.40. The summed E-state index contributed by atoms with van der Waals surface area (Å²) in [6.45, 7) is 4.89. The van der Waals surface area contributed by atoms with Crippen molar-refractivity contribution in [3.8, 4) is 0 Å². The predicted octanol–water partition coefficient (Wildman–Crippen LogP) is 8.19. The molecule has 0 bridgehead atoms. The highest BCUT2D eigenvalue weighted by atomic mass is 19.4. The normalized spacial score (nSPS) is 28.9. The molecule has 6 unspecified atom stereocenters. The number of carboxylic acid groups (broad SMARTS) is 1. The van der Waals surface area contributed by atoms with E-state index in [0.29, 0.717) is 19.1 Å². The zero-order chi connectivity index (χ0) is 28.2. The predicted molar refractivity (Wildman–Crippen MR) is 144 cm³/mol. The van der Waals surface area contributed by atoms with Gasteiger partial charge in [0.15, 0.2) is 0 Å². The first-order valence-corrected chi connectivity index (χ1v) is 14.4. The molecule has 212 valence electrons. The molecule has 1 heterocycles. The molecule has 0 radical (unpaired) electrons. The first kappa shape index (κ1) is 27.1. The summed E-state index contributed by atoms with van der Waals surface area (Å²) in [5, 5.41) is 9.49. The van der Waals surface area contributed by atoms with Crippen LogP contribution >= 0.6 is 0 Å². The Labute approximate surface area is 232 Å². The number of carboxylic acids is 1. The molecule has 4 nitrogen and oxygen atoms in total. The Hall–Kier alpha value is -3.06. The average Bonchev–Trinajstić information content (AvgIpc) is 3.54. The summed E-state index contributed by atoms with van der Waals surface area (Å²) >= 11 is 0. The van der Waals surface area contributed by atoms with Gasteiger partial charge in [-0.2, -0.15) is 13.2 Å². The van der Waals surface area contributed by atoms with Crippen LogP contribution in [0.3, 0.4) is 0 Å². The second-order valence-electron chi connectivity index (χ2n) is 11.7. The van der Waals surface area contributed by atoms with Crippen molar-refractivity contribution in [1.29, 1.82) is 0 Å². The lowest BCUT2D eigenvalue weighted by atomic mass is 9.82. The number of aliphatic carboxylic acids is 1. The molecule has 0 aromatic heterocycles. The number of allylic oxidation sites excluding steroid dienone is 3. The molecule has 0 amide bonds. The highest BCUT2D eigenvalue weighted by Crippen LogP contribution is 2.65. The maximum atomic E-state index is 13.9. The van der Waals surface area contributed by atoms with Crippen molar-refractivity contribution in [3.63, 3.8) is 0 Å². The topological polar surface area (TPSA) is 55.8 Å². The molecule has 2 aromatic rings. The Morgan fingerprint density at radius 2 is 1.88 bits per heavy atom. The number of rotatable bonds is 8. The highest BCUT2D eigenvalue weighted by molar-refractivity contribution is 5.75. The first-order chi connectivity index (χ1) is 19.2. The van der Waals surface area contributed by atoms with Gasteiger partial charge in [-0.15, -0.1) is 0 Å². The Morgan fingerprint density at radius 1 is 1.07 bits per heavy atom. The van der Waals surface area contributed by atoms with Gasteiger partial charge in [-0.3, -0.25) is 4.79 Å². The summed E-state index contributed by atoms with van der Waals surface area (Å²) in [6.07, 6.45) is 1.22. The molecular formula is C33H35F3O4. The Morgan fingerprint density at radius 3 is 2.60 bits per heavy atom. The van der Waals surface area contributed by atoms with E-state index < -0.39 is 23.8 Å². The van der Waals surface area contributed by atoms with E-state index in [1.165, 1.54) is 23.3 Å². The van der Waals surface area contributed by atoms with E-state index in [-0.39, 0.29) is 29.2 Å². The van der Waals surface area contributed by atoms with E-state index in [0.717, 1.165) is 60.6 Å². The SMILES string of the molecule is CCCC1COC(c2ccccc2C(F)(F)F)c2cc(COC3=C(CC)CC4C(=C3)CC3C(C(=O)O)C43)ccc21. The minimum atomic E-state index is -4.47. The smallest absolute Gasteiger partial charge is 0.416 e. The molecule has 0 saturated heterocycles. The van der Waals surface area contributed by atoms with Gasteiger partial charge in [-0.1, -0.05) is 56.2 Å². The van der Waals surface area contributed by atoms with Crippen LogP contribution in [-0.2, 0) is 27.1 Å². The summed E-state index contributed by atoms with van der Waals surface area (Å²) in [6, 6.07) is 11.7. The molecule has 4 aliphatic rings. The maximum Gasteiger partial charge on any atom is 0.416 e. The third-order valence-corrected chi connectivity index (χ3v) is 9.40. The van der Waals surface area contributed by atoms with Gasteiger partial charge in [0.25, 0.3) is 0 Å². The van der Waals surface area contributed by atoms with E-state index in [9.17, 15) is 23.1 Å². The molecule has 6 rings (SSSR count). The zero-order valence-electron chi connectivity index (χ0n) is 22.8. The van der Waals surface area contributed by atoms with Gasteiger partial charge in [-0.25, -0.2) is 0 Å². The molecule has 1 N–H and O–H groups in total. The molecule has 1 aliphatic heterocycles. The molecule has 6 atom stereocenters. The van der Waals surface area contributed by atoms with Crippen LogP contribution in [0.25, 0.3) is 0 Å². The molecule has 7 heteroatoms. The number of alkyl halides is 3. The summed E-state index contributed by atoms with van der Waals surface area (Å²) in [5.74, 6) is 0.929. The summed E-state index contributed by atoms with van der Waals surface area (Å²) in [5.41, 5.74) is 4.69. The van der Waals surface area contributed by atoms with E-state index in [2.05, 4.69) is 19.9 Å². The van der Waals surface area contributed by atoms with Crippen molar-refractivity contribution in [2.24, 2.45) is 23.7 Å². The molecular weight excluding hydrogens is 517 g/mol. The Balaban J connectivity index is 1.26. The van der Waals surface area contributed by atoms with Crippen molar-refractivity contribution < 1.29 is 32.5 Å². The van der Waals surface area contributed by atoms with Crippen LogP contribution < -0.4 is 0 Å². The second-order valence-corrected chi connectivity index (χ2v) is 11.7. The van der Waals surface area contributed by atoms with Crippen molar-refractivity contribution in [1.82, 2.24) is 0 Å². The number of ether oxygens (including phenoxy) is 2. The molecule has 0 spiro atoms. The minimum absolute atomic E-state index is 0.141. The summed E-state index contributed by atoms with van der Waals surface area (Å²) in [7, 11) is 0. The van der Waals surface area contributed by atoms with Gasteiger partial charge in [0.05, 0.1) is 18.1 Å². The largest absolute Gasteiger partial charge is 0.489 e. The lowest BCUT2D eigenvalue weighted by molar-refractivity contribution is -0.140. The summed E-state index contributed by atoms with van der Waals surface area (Å²) in [4.78, 5) is 11.5. The van der Waals surface area contributed by atoms with Crippen LogP contribution in [0.15, 0.2) is 65.4 Å². The van der Waals surface area contributed by atoms with E-state index in [4.69, 9.17) is 9.47 Å². The van der Waals surface area contributed by atoms with Gasteiger partial charge in [-0.05, 0) is 89.5 Å². The number of hydrogen-bond donors (Lipinski definition) is 1. The van der Waals surface area contributed by atoms with Crippen LogP contribution in [0, 0.1) is 23.7 Å². The van der Waals surface area contributed by atoms with Crippen LogP contribution in [0.4, 0.5) is 13.2 Å². The average molecular weight is 553 g/mol. The van der Waals surface area contributed by atoms with Crippen molar-refractivity contribution in [2.45, 2.75) is 70.8 Å². The molecule has 2 fully saturated rings. The number of carbonyl (C=O) groups is 1. The van der Waals surface area contributed by atoms with Crippen molar-refractivity contribution in [2.75, 3.05) is 6.61 Å². The number of halogens is 3. The van der Waals surface area contributed by atoms with Crippen LogP contribution in [0.1, 0.15) is 85.8 Å². The van der Waals surface area contributed by atoms with Crippen molar-refractivity contribution >= 4 is 5.97 Å². The maximum absolute atomic E-state index is 13.9. The lowest BCUT2D eigenvalue weighted by Crippen LogP contribution is -2.24. The standard InChI is InChI=1S/C33H35F3O4/c1-3-7-20-17-40-31(23-8-5-6-9-27(23)33(34,35)36)25-12-18(10-11-22(20)25)16-39-28-15-21-14-26-29(30(26)32(37)38)24(21)13-19(28)4-2/h5-6,8-12,15,20,24,26,29-31H,3-4,7,13-14,16-17H2,1-2H3,(H,37,38). The third kappa shape index (κ3) is 4.76. The van der Waals surface area contributed by atoms with Gasteiger partial charge in [0.1, 0.15) is 18.5 Å². The Bertz CT molecular complexity index is 1370.